The molecule has 1 fully saturated rings. The lowest BCUT2D eigenvalue weighted by molar-refractivity contribution is -0.384. The van der Waals surface area contributed by atoms with Gasteiger partial charge in [0, 0.05) is 17.7 Å². The molecule has 0 radical (unpaired) electrons. The van der Waals surface area contributed by atoms with Crippen LogP contribution in [0, 0.1) is 27.4 Å². The smallest absolute Gasteiger partial charge is 0.269 e. The zero-order valence-electron chi connectivity index (χ0n) is 9.68. The van der Waals surface area contributed by atoms with E-state index in [1.807, 2.05) is 0 Å². The van der Waals surface area contributed by atoms with Crippen LogP contribution in [0.1, 0.15) is 18.2 Å². The number of nitro benzene ring substituents is 1. The van der Waals surface area contributed by atoms with Crippen molar-refractivity contribution in [2.45, 2.75) is 12.3 Å². The molecule has 0 amide bonds. The van der Waals surface area contributed by atoms with Crippen molar-refractivity contribution in [3.63, 3.8) is 0 Å². The van der Waals surface area contributed by atoms with Crippen molar-refractivity contribution in [1.82, 2.24) is 10.1 Å². The molecular weight excluding hydrogens is 248 g/mol. The first-order valence-corrected chi connectivity index (χ1v) is 5.67. The second-order valence-electron chi connectivity index (χ2n) is 4.34. The van der Waals surface area contributed by atoms with E-state index < -0.39 is 4.92 Å². The molecule has 7 heteroatoms. The lowest BCUT2D eigenvalue weighted by Crippen LogP contribution is -1.88. The second kappa shape index (κ2) is 4.17. The maximum Gasteiger partial charge on any atom is 0.269 e. The number of hydrogen-bond acceptors (Lipinski definition) is 6. The molecule has 2 atom stereocenters. The number of benzene rings is 1. The molecule has 0 bridgehead atoms. The highest BCUT2D eigenvalue weighted by molar-refractivity contribution is 5.56. The molecular formula is C12H8N4O3. The zero-order valence-corrected chi connectivity index (χ0v) is 9.68. The van der Waals surface area contributed by atoms with Gasteiger partial charge >= 0.3 is 0 Å². The van der Waals surface area contributed by atoms with E-state index in [0.29, 0.717) is 17.3 Å². The molecule has 1 saturated carbocycles. The first-order chi connectivity index (χ1) is 9.19. The Morgan fingerprint density at radius 2 is 2.16 bits per heavy atom. The molecule has 1 aliphatic rings. The summed E-state index contributed by atoms with van der Waals surface area (Å²) in [6, 6.07) is 8.07. The summed E-state index contributed by atoms with van der Waals surface area (Å²) in [4.78, 5) is 14.3. The monoisotopic (exact) mass is 256 g/mol. The minimum absolute atomic E-state index is 0.0132. The van der Waals surface area contributed by atoms with Crippen molar-refractivity contribution in [2.24, 2.45) is 5.92 Å². The van der Waals surface area contributed by atoms with E-state index in [-0.39, 0.29) is 17.5 Å². The summed E-state index contributed by atoms with van der Waals surface area (Å²) in [7, 11) is 0. The fourth-order valence-electron chi connectivity index (χ4n) is 1.85. The van der Waals surface area contributed by atoms with Crippen LogP contribution in [0.3, 0.4) is 0 Å². The van der Waals surface area contributed by atoms with E-state index in [0.717, 1.165) is 6.42 Å². The van der Waals surface area contributed by atoms with E-state index in [2.05, 4.69) is 16.2 Å². The molecule has 7 nitrogen and oxygen atoms in total. The van der Waals surface area contributed by atoms with E-state index >= 15 is 0 Å². The number of non-ortho nitro benzene ring substituents is 1. The van der Waals surface area contributed by atoms with Crippen LogP contribution in [-0.2, 0) is 0 Å². The Balaban J connectivity index is 1.83. The quantitative estimate of drug-likeness (QED) is 0.616. The van der Waals surface area contributed by atoms with Gasteiger partial charge in [-0.3, -0.25) is 10.1 Å². The Morgan fingerprint density at radius 1 is 1.42 bits per heavy atom. The summed E-state index contributed by atoms with van der Waals surface area (Å²) in [5.41, 5.74) is 0.661. The molecule has 0 spiro atoms. The van der Waals surface area contributed by atoms with Crippen molar-refractivity contribution in [1.29, 1.82) is 5.26 Å². The normalized spacial score (nSPS) is 20.8. The molecule has 1 aromatic carbocycles. The topological polar surface area (TPSA) is 106 Å². The van der Waals surface area contributed by atoms with Gasteiger partial charge in [0.05, 0.1) is 22.8 Å². The van der Waals surface area contributed by atoms with Crippen LogP contribution >= 0.6 is 0 Å². The molecule has 2 unspecified atom stereocenters. The Labute approximate surface area is 107 Å². The summed E-state index contributed by atoms with van der Waals surface area (Å²) in [5, 5.41) is 23.1. The molecule has 0 N–H and O–H groups in total. The third kappa shape index (κ3) is 2.04. The minimum Gasteiger partial charge on any atom is -0.339 e. The van der Waals surface area contributed by atoms with Gasteiger partial charge in [0.25, 0.3) is 5.69 Å². The van der Waals surface area contributed by atoms with Crippen LogP contribution < -0.4 is 0 Å². The molecule has 94 valence electrons. The predicted molar refractivity (Wildman–Crippen MR) is 62.8 cm³/mol. The summed E-state index contributed by atoms with van der Waals surface area (Å²) in [6.45, 7) is 0. The van der Waals surface area contributed by atoms with Crippen molar-refractivity contribution >= 4 is 5.69 Å². The van der Waals surface area contributed by atoms with Crippen LogP contribution in [0.5, 0.6) is 0 Å². The molecule has 0 saturated heterocycles. The first kappa shape index (κ1) is 11.3. The van der Waals surface area contributed by atoms with Crippen molar-refractivity contribution in [3.8, 4) is 17.5 Å². The first-order valence-electron chi connectivity index (χ1n) is 5.67. The van der Waals surface area contributed by atoms with Crippen LogP contribution in [-0.4, -0.2) is 15.1 Å². The maximum absolute atomic E-state index is 10.5. The second-order valence-corrected chi connectivity index (χ2v) is 4.34. The molecule has 0 aliphatic heterocycles. The summed E-state index contributed by atoms with van der Waals surface area (Å²) in [5.74, 6) is 0.836. The lowest BCUT2D eigenvalue weighted by Gasteiger charge is -1.93. The zero-order chi connectivity index (χ0) is 13.4. The standard InChI is InChI=1S/C12H8N4O3/c13-6-8-5-10(8)12-14-11(15-19-12)7-1-3-9(4-2-7)16(17)18/h1-4,8,10H,5H2. The van der Waals surface area contributed by atoms with Crippen LogP contribution in [0.25, 0.3) is 11.4 Å². The van der Waals surface area contributed by atoms with E-state index in [1.165, 1.54) is 12.1 Å². The van der Waals surface area contributed by atoms with E-state index in [9.17, 15) is 10.1 Å². The fourth-order valence-corrected chi connectivity index (χ4v) is 1.85. The Bertz CT molecular complexity index is 671. The minimum atomic E-state index is -0.465. The summed E-state index contributed by atoms with van der Waals surface area (Å²) in [6.07, 6.45) is 0.748. The van der Waals surface area contributed by atoms with Gasteiger partial charge in [0.2, 0.25) is 11.7 Å². The molecule has 1 heterocycles. The van der Waals surface area contributed by atoms with Gasteiger partial charge in [-0.15, -0.1) is 0 Å². The number of nitrogens with zero attached hydrogens (tertiary/aromatic N) is 4. The van der Waals surface area contributed by atoms with Gasteiger partial charge in [-0.05, 0) is 18.6 Å². The van der Waals surface area contributed by atoms with Crippen LogP contribution in [0.4, 0.5) is 5.69 Å². The van der Waals surface area contributed by atoms with E-state index in [4.69, 9.17) is 9.78 Å². The third-order valence-electron chi connectivity index (χ3n) is 3.05. The Morgan fingerprint density at radius 3 is 2.74 bits per heavy atom. The van der Waals surface area contributed by atoms with Crippen LogP contribution in [0.15, 0.2) is 28.8 Å². The predicted octanol–water partition coefficient (Wildman–Crippen LogP) is 2.27. The lowest BCUT2D eigenvalue weighted by atomic mass is 10.2. The highest BCUT2D eigenvalue weighted by Crippen LogP contribution is 2.46. The maximum atomic E-state index is 10.5. The number of rotatable bonds is 3. The molecule has 1 aromatic heterocycles. The van der Waals surface area contributed by atoms with Gasteiger partial charge in [-0.1, -0.05) is 5.16 Å². The highest BCUT2D eigenvalue weighted by Gasteiger charge is 2.43. The Kier molecular flexibility index (Phi) is 2.49. The average Bonchev–Trinajstić information content (AvgIpc) is 3.06. The fraction of sp³-hybridized carbons (Fsp3) is 0.250. The SMILES string of the molecule is N#CC1CC1c1nc(-c2ccc([N+](=O)[O-])cc2)no1. The van der Waals surface area contributed by atoms with Gasteiger partial charge in [0.1, 0.15) is 0 Å². The van der Waals surface area contributed by atoms with Crippen molar-refractivity contribution < 1.29 is 9.45 Å². The van der Waals surface area contributed by atoms with Gasteiger partial charge in [-0.2, -0.15) is 10.2 Å². The third-order valence-corrected chi connectivity index (χ3v) is 3.05. The number of nitriles is 1. The van der Waals surface area contributed by atoms with Gasteiger partial charge < -0.3 is 4.52 Å². The molecule has 3 rings (SSSR count). The van der Waals surface area contributed by atoms with Crippen LogP contribution in [0.2, 0.25) is 0 Å². The summed E-state index contributed by atoms with van der Waals surface area (Å²) >= 11 is 0. The molecule has 2 aromatic rings. The number of nitro groups is 1. The van der Waals surface area contributed by atoms with E-state index in [1.54, 1.807) is 12.1 Å². The van der Waals surface area contributed by atoms with Crippen molar-refractivity contribution in [2.75, 3.05) is 0 Å². The number of hydrogen-bond donors (Lipinski definition) is 0. The summed E-state index contributed by atoms with van der Waals surface area (Å²) < 4.78 is 5.11. The molecule has 19 heavy (non-hydrogen) atoms. The highest BCUT2D eigenvalue weighted by atomic mass is 16.6. The Hall–Kier alpha value is -2.75. The van der Waals surface area contributed by atoms with Crippen molar-refractivity contribution in [3.05, 3.63) is 40.3 Å². The molecule has 1 aliphatic carbocycles. The average molecular weight is 256 g/mol. The largest absolute Gasteiger partial charge is 0.339 e. The number of aromatic nitrogens is 2. The van der Waals surface area contributed by atoms with Gasteiger partial charge in [-0.25, -0.2) is 0 Å². The van der Waals surface area contributed by atoms with Gasteiger partial charge in [0.15, 0.2) is 0 Å².